The molecule has 0 atom stereocenters. The van der Waals surface area contributed by atoms with Gasteiger partial charge in [0.2, 0.25) is 5.78 Å². The highest BCUT2D eigenvalue weighted by Crippen LogP contribution is 2.22. The topological polar surface area (TPSA) is 103 Å². The van der Waals surface area contributed by atoms with Crippen molar-refractivity contribution < 1.29 is 4.79 Å². The molecule has 7 nitrogen and oxygen atoms in total. The summed E-state index contributed by atoms with van der Waals surface area (Å²) in [4.78, 5) is 30.9. The number of halogens is 1. The number of aldehydes is 1. The Morgan fingerprint density at radius 1 is 1.08 bits per heavy atom. The van der Waals surface area contributed by atoms with Crippen molar-refractivity contribution in [2.75, 3.05) is 13.6 Å². The van der Waals surface area contributed by atoms with Gasteiger partial charge in [-0.25, -0.2) is 4.98 Å². The third kappa shape index (κ3) is 8.49. The zero-order valence-electron chi connectivity index (χ0n) is 20.9. The van der Waals surface area contributed by atoms with E-state index >= 15 is 0 Å². The number of aromatic nitrogens is 3. The van der Waals surface area contributed by atoms with E-state index in [0.717, 1.165) is 29.7 Å². The number of carbonyl (C=O) groups excluding carboxylic acids is 1. The molecule has 2 aromatic heterocycles. The number of fused-ring (bicyclic) bond motifs is 1. The number of unbranched alkanes of at least 4 members (excludes halogenated alkanes) is 2. The Hall–Kier alpha value is -3.73. The van der Waals surface area contributed by atoms with E-state index in [2.05, 4.69) is 29.1 Å². The van der Waals surface area contributed by atoms with E-state index in [0.29, 0.717) is 28.5 Å². The molecule has 0 radical (unpaired) electrons. The van der Waals surface area contributed by atoms with Crippen molar-refractivity contribution in [3.05, 3.63) is 81.7 Å². The van der Waals surface area contributed by atoms with Crippen molar-refractivity contribution in [2.45, 2.75) is 39.5 Å². The number of nitrogens with one attached hydrogen (secondary N) is 2. The number of rotatable bonds is 7. The van der Waals surface area contributed by atoms with Crippen LogP contribution in [0.25, 0.3) is 28.3 Å². The van der Waals surface area contributed by atoms with E-state index < -0.39 is 0 Å². The Morgan fingerprint density at radius 2 is 1.72 bits per heavy atom. The Kier molecular flexibility index (Phi) is 12.1. The minimum absolute atomic E-state index is 0.184. The summed E-state index contributed by atoms with van der Waals surface area (Å²) in [5.74, 6) is 0.451. The lowest BCUT2D eigenvalue weighted by Gasteiger charge is -2.01. The van der Waals surface area contributed by atoms with E-state index in [1.165, 1.54) is 29.7 Å². The Bertz CT molecular complexity index is 1320. The Balaban J connectivity index is 0.000000350. The first-order chi connectivity index (χ1) is 17.5. The summed E-state index contributed by atoms with van der Waals surface area (Å²) < 4.78 is 1.47. The van der Waals surface area contributed by atoms with Gasteiger partial charge in [-0.2, -0.15) is 5.26 Å². The molecule has 8 heteroatoms. The summed E-state index contributed by atoms with van der Waals surface area (Å²) in [6, 6.07) is 17.7. The van der Waals surface area contributed by atoms with Crippen molar-refractivity contribution >= 4 is 23.7 Å². The number of H-pyrrole nitrogens is 1. The molecule has 188 valence electrons. The average molecular weight is 506 g/mol. The molecule has 0 bridgehead atoms. The van der Waals surface area contributed by atoms with Crippen LogP contribution in [-0.4, -0.2) is 34.2 Å². The van der Waals surface area contributed by atoms with Crippen LogP contribution in [0.3, 0.4) is 0 Å². The van der Waals surface area contributed by atoms with Crippen molar-refractivity contribution in [1.82, 2.24) is 19.7 Å². The highest BCUT2D eigenvalue weighted by molar-refractivity contribution is 6.30. The molecule has 0 unspecified atom stereocenters. The molecule has 36 heavy (non-hydrogen) atoms. The van der Waals surface area contributed by atoms with Crippen LogP contribution < -0.4 is 10.9 Å². The molecule has 0 amide bonds. The molecule has 2 N–H and O–H groups in total. The zero-order valence-corrected chi connectivity index (χ0v) is 21.7. The average Bonchev–Trinajstić information content (AvgIpc) is 3.34. The number of carbonyl (C=O) groups is 1. The van der Waals surface area contributed by atoms with Gasteiger partial charge < -0.3 is 10.3 Å². The summed E-state index contributed by atoms with van der Waals surface area (Å²) in [5, 5.41) is 11.4. The number of hydrogen-bond donors (Lipinski definition) is 2. The normalized spacial score (nSPS) is 9.97. The molecule has 0 aliphatic heterocycles. The van der Waals surface area contributed by atoms with Crippen molar-refractivity contribution in [1.29, 1.82) is 5.26 Å². The molecule has 0 fully saturated rings. The lowest BCUT2D eigenvalue weighted by molar-refractivity contribution is 0.112. The molecule has 0 spiro atoms. The fourth-order valence-corrected chi connectivity index (χ4v) is 3.30. The van der Waals surface area contributed by atoms with Gasteiger partial charge in [0.15, 0.2) is 0 Å². The number of nitrogens with zero attached hydrogens (tertiary/aromatic N) is 3. The van der Waals surface area contributed by atoms with Crippen LogP contribution in [0.2, 0.25) is 5.02 Å². The van der Waals surface area contributed by atoms with Crippen LogP contribution in [0.4, 0.5) is 0 Å². The van der Waals surface area contributed by atoms with Crippen LogP contribution >= 0.6 is 11.6 Å². The third-order valence-electron chi connectivity index (χ3n) is 5.15. The van der Waals surface area contributed by atoms with Crippen LogP contribution in [-0.2, 0) is 0 Å². The van der Waals surface area contributed by atoms with Gasteiger partial charge in [-0.05, 0) is 24.7 Å². The maximum atomic E-state index is 12.4. The molecule has 4 aromatic rings. The highest BCUT2D eigenvalue weighted by Gasteiger charge is 2.09. The van der Waals surface area contributed by atoms with Gasteiger partial charge in [-0.1, -0.05) is 81.1 Å². The smallest absolute Gasteiger partial charge is 0.259 e. The van der Waals surface area contributed by atoms with Crippen LogP contribution in [0.5, 0.6) is 0 Å². The van der Waals surface area contributed by atoms with E-state index in [4.69, 9.17) is 16.9 Å². The van der Waals surface area contributed by atoms with Gasteiger partial charge >= 0.3 is 0 Å². The molecule has 2 aromatic carbocycles. The minimum Gasteiger partial charge on any atom is -0.323 e. The van der Waals surface area contributed by atoms with Gasteiger partial charge in [-0.15, -0.1) is 0 Å². The summed E-state index contributed by atoms with van der Waals surface area (Å²) >= 11 is 5.91. The largest absolute Gasteiger partial charge is 0.323 e. The van der Waals surface area contributed by atoms with Crippen LogP contribution in [0.15, 0.2) is 65.6 Å². The van der Waals surface area contributed by atoms with Gasteiger partial charge in [0.25, 0.3) is 5.56 Å². The first kappa shape index (κ1) is 28.5. The fraction of sp³-hybridized carbons (Fsp3) is 0.286. The second kappa shape index (κ2) is 15.3. The molecular weight excluding hydrogens is 474 g/mol. The SMILES string of the molecule is CCCCC.CNCCC#N.O=Cc1ccc(-c2cc(=O)n3cc(-c4ccc(Cl)cc4)[nH]c3n2)cc1. The number of imidazole rings is 1. The van der Waals surface area contributed by atoms with Crippen molar-refractivity contribution in [3.63, 3.8) is 0 Å². The van der Waals surface area contributed by atoms with E-state index in [1.807, 2.05) is 25.2 Å². The number of aromatic amines is 1. The molecule has 4 rings (SSSR count). The van der Waals surface area contributed by atoms with E-state index in [9.17, 15) is 9.59 Å². The Labute approximate surface area is 216 Å². The second-order valence-corrected chi connectivity index (χ2v) is 8.39. The van der Waals surface area contributed by atoms with E-state index in [-0.39, 0.29) is 5.56 Å². The summed E-state index contributed by atoms with van der Waals surface area (Å²) in [5.41, 5.74) is 3.39. The lowest BCUT2D eigenvalue weighted by atomic mass is 10.1. The first-order valence-electron chi connectivity index (χ1n) is 11.9. The quantitative estimate of drug-likeness (QED) is 0.232. The maximum Gasteiger partial charge on any atom is 0.259 e. The number of benzene rings is 2. The first-order valence-corrected chi connectivity index (χ1v) is 12.3. The van der Waals surface area contributed by atoms with Crippen molar-refractivity contribution in [2.24, 2.45) is 0 Å². The minimum atomic E-state index is -0.184. The standard InChI is InChI=1S/C19H12ClN3O2.C5H12.C4H8N2/c20-15-7-5-14(6-8-15)17-10-23-18(25)9-16(21-19(23)22-17)13-3-1-12(11-24)2-4-13;1-3-5-4-2;1-6-4-2-3-5/h1-11H,(H,21,22);3-5H2,1-2H3;6H,2,4H2,1H3. The Morgan fingerprint density at radius 3 is 2.22 bits per heavy atom. The summed E-state index contributed by atoms with van der Waals surface area (Å²) in [6.07, 6.45) is 7.18. The molecule has 2 heterocycles. The zero-order chi connectivity index (χ0) is 26.3. The predicted octanol–water partition coefficient (Wildman–Crippen LogP) is 6.14. The van der Waals surface area contributed by atoms with Crippen LogP contribution in [0.1, 0.15) is 49.9 Å². The summed E-state index contributed by atoms with van der Waals surface area (Å²) in [6.45, 7) is 5.23. The molecule has 0 aliphatic rings. The third-order valence-corrected chi connectivity index (χ3v) is 5.40. The molecule has 0 saturated carbocycles. The van der Waals surface area contributed by atoms with Gasteiger partial charge in [0.1, 0.15) is 6.29 Å². The summed E-state index contributed by atoms with van der Waals surface area (Å²) in [7, 11) is 1.83. The molecule has 0 saturated heterocycles. The van der Waals surface area contributed by atoms with Gasteiger partial charge in [-0.3, -0.25) is 14.0 Å². The predicted molar refractivity (Wildman–Crippen MR) is 146 cm³/mol. The monoisotopic (exact) mass is 505 g/mol. The number of hydrogen-bond acceptors (Lipinski definition) is 5. The van der Waals surface area contributed by atoms with Crippen LogP contribution in [0, 0.1) is 11.3 Å². The molecular formula is C28H32ClN5O2. The lowest BCUT2D eigenvalue weighted by Crippen LogP contribution is -2.12. The van der Waals surface area contributed by atoms with Crippen molar-refractivity contribution in [3.8, 4) is 28.6 Å². The fourth-order valence-electron chi connectivity index (χ4n) is 3.18. The maximum absolute atomic E-state index is 12.4. The highest BCUT2D eigenvalue weighted by atomic mass is 35.5. The van der Waals surface area contributed by atoms with Gasteiger partial charge in [0.05, 0.1) is 17.5 Å². The number of nitriles is 1. The second-order valence-electron chi connectivity index (χ2n) is 7.95. The van der Waals surface area contributed by atoms with Gasteiger partial charge in [0, 0.05) is 41.4 Å². The molecule has 0 aliphatic carbocycles. The van der Waals surface area contributed by atoms with E-state index in [1.54, 1.807) is 42.6 Å².